The molecule has 0 saturated heterocycles. The van der Waals surface area contributed by atoms with Crippen molar-refractivity contribution in [1.29, 1.82) is 0 Å². The molecule has 1 heterocycles. The van der Waals surface area contributed by atoms with Gasteiger partial charge in [0, 0.05) is 15.0 Å². The van der Waals surface area contributed by atoms with Gasteiger partial charge in [0.2, 0.25) is 0 Å². The number of rotatable bonds is 3. The number of halogens is 1. The van der Waals surface area contributed by atoms with Gasteiger partial charge >= 0.3 is 5.97 Å². The van der Waals surface area contributed by atoms with Gasteiger partial charge in [-0.15, -0.1) is 11.3 Å². The molecule has 0 radical (unpaired) electrons. The summed E-state index contributed by atoms with van der Waals surface area (Å²) in [4.78, 5) is 17.4. The van der Waals surface area contributed by atoms with E-state index >= 15 is 0 Å². The lowest BCUT2D eigenvalue weighted by Gasteiger charge is -2.05. The number of nitrogens with two attached hydrogens (primary N) is 1. The fourth-order valence-corrected chi connectivity index (χ4v) is 2.76. The van der Waals surface area contributed by atoms with E-state index in [0.29, 0.717) is 15.7 Å². The lowest BCUT2D eigenvalue weighted by atomic mass is 10.2. The number of ether oxygens (including phenoxy) is 1. The van der Waals surface area contributed by atoms with Crippen LogP contribution >= 0.6 is 27.3 Å². The van der Waals surface area contributed by atoms with Crippen LogP contribution in [0.1, 0.15) is 25.9 Å². The summed E-state index contributed by atoms with van der Waals surface area (Å²) in [5.41, 5.74) is 7.58. The van der Waals surface area contributed by atoms with Gasteiger partial charge in [-0.2, -0.15) is 0 Å². The van der Waals surface area contributed by atoms with Gasteiger partial charge in [-0.3, -0.25) is 0 Å². The average molecular weight is 341 g/mol. The van der Waals surface area contributed by atoms with Crippen molar-refractivity contribution in [2.24, 2.45) is 0 Å². The Morgan fingerprint density at radius 3 is 2.84 bits per heavy atom. The van der Waals surface area contributed by atoms with Gasteiger partial charge in [-0.1, -0.05) is 0 Å². The molecule has 2 rings (SSSR count). The molecular weight excluding hydrogens is 328 g/mol. The fraction of sp³-hybridized carbons (Fsp3) is 0.231. The summed E-state index contributed by atoms with van der Waals surface area (Å²) in [5.74, 6) is -0.412. The van der Waals surface area contributed by atoms with E-state index in [9.17, 15) is 4.79 Å². The third-order valence-corrected chi connectivity index (χ3v) is 4.35. The smallest absolute Gasteiger partial charge is 0.339 e. The van der Waals surface area contributed by atoms with Crippen molar-refractivity contribution >= 4 is 38.9 Å². The summed E-state index contributed by atoms with van der Waals surface area (Å²) in [5, 5.41) is 0.795. The van der Waals surface area contributed by atoms with Gasteiger partial charge in [0.25, 0.3) is 0 Å². The topological polar surface area (TPSA) is 65.2 Å². The Bertz CT molecular complexity index is 606. The Balaban J connectivity index is 2.07. The van der Waals surface area contributed by atoms with Crippen LogP contribution in [0, 0.1) is 13.8 Å². The highest BCUT2D eigenvalue weighted by Crippen LogP contribution is 2.22. The molecule has 0 atom stereocenters. The normalized spacial score (nSPS) is 10.5. The number of aryl methyl sites for hydroxylation is 2. The Morgan fingerprint density at radius 2 is 2.21 bits per heavy atom. The van der Waals surface area contributed by atoms with Crippen LogP contribution in [-0.4, -0.2) is 11.0 Å². The molecule has 19 heavy (non-hydrogen) atoms. The third-order valence-electron chi connectivity index (χ3n) is 2.61. The zero-order chi connectivity index (χ0) is 14.0. The Hall–Kier alpha value is -1.40. The minimum absolute atomic E-state index is 0.180. The first kappa shape index (κ1) is 14.0. The van der Waals surface area contributed by atoms with Crippen LogP contribution in [0.3, 0.4) is 0 Å². The van der Waals surface area contributed by atoms with Gasteiger partial charge in [0.05, 0.1) is 11.3 Å². The molecule has 0 amide bonds. The molecule has 0 fully saturated rings. The maximum Gasteiger partial charge on any atom is 0.339 e. The molecule has 1 aromatic carbocycles. The Labute approximate surface area is 123 Å². The molecule has 0 unspecified atom stereocenters. The summed E-state index contributed by atoms with van der Waals surface area (Å²) < 4.78 is 5.91. The van der Waals surface area contributed by atoms with Crippen LogP contribution in [0.2, 0.25) is 0 Å². The number of thiazole rings is 1. The van der Waals surface area contributed by atoms with E-state index in [1.54, 1.807) is 18.2 Å². The predicted molar refractivity (Wildman–Crippen MR) is 79.3 cm³/mol. The van der Waals surface area contributed by atoms with Crippen LogP contribution in [-0.2, 0) is 11.3 Å². The second kappa shape index (κ2) is 5.71. The number of nitrogen functional groups attached to an aromatic ring is 1. The molecule has 4 nitrogen and oxygen atoms in total. The van der Waals surface area contributed by atoms with Gasteiger partial charge in [0.1, 0.15) is 11.6 Å². The third kappa shape index (κ3) is 3.33. The Morgan fingerprint density at radius 1 is 1.47 bits per heavy atom. The van der Waals surface area contributed by atoms with E-state index in [-0.39, 0.29) is 6.61 Å². The fourth-order valence-electron chi connectivity index (χ4n) is 1.51. The highest BCUT2D eigenvalue weighted by Gasteiger charge is 2.13. The highest BCUT2D eigenvalue weighted by atomic mass is 79.9. The van der Waals surface area contributed by atoms with Crippen LogP contribution in [0.5, 0.6) is 0 Å². The largest absolute Gasteiger partial charge is 0.455 e. The number of nitrogens with zero attached hydrogens (tertiary/aromatic N) is 1. The van der Waals surface area contributed by atoms with E-state index in [1.165, 1.54) is 11.3 Å². The molecule has 2 aromatic rings. The molecule has 0 bridgehead atoms. The first-order chi connectivity index (χ1) is 8.97. The summed E-state index contributed by atoms with van der Waals surface area (Å²) in [6, 6.07) is 5.03. The van der Waals surface area contributed by atoms with E-state index in [0.717, 1.165) is 15.6 Å². The van der Waals surface area contributed by atoms with Crippen LogP contribution in [0.4, 0.5) is 5.69 Å². The molecule has 0 spiro atoms. The summed E-state index contributed by atoms with van der Waals surface area (Å²) in [7, 11) is 0. The summed E-state index contributed by atoms with van der Waals surface area (Å²) in [6.07, 6.45) is 0. The number of carbonyl (C=O) groups excluding carboxylic acids is 1. The van der Waals surface area contributed by atoms with E-state index in [1.807, 2.05) is 13.8 Å². The SMILES string of the molecule is Cc1nc(COC(=O)c2cc(N)ccc2Br)sc1C. The monoisotopic (exact) mass is 340 g/mol. The molecule has 1 aromatic heterocycles. The zero-order valence-electron chi connectivity index (χ0n) is 10.6. The summed E-state index contributed by atoms with van der Waals surface area (Å²) >= 11 is 4.84. The molecule has 0 saturated carbocycles. The highest BCUT2D eigenvalue weighted by molar-refractivity contribution is 9.10. The van der Waals surface area contributed by atoms with Gasteiger partial charge in [-0.05, 0) is 48.0 Å². The zero-order valence-corrected chi connectivity index (χ0v) is 13.0. The van der Waals surface area contributed by atoms with Crippen molar-refractivity contribution in [2.75, 3.05) is 5.73 Å². The second-order valence-corrected chi connectivity index (χ2v) is 6.21. The molecule has 6 heteroatoms. The van der Waals surface area contributed by atoms with Crippen molar-refractivity contribution < 1.29 is 9.53 Å². The molecule has 100 valence electrons. The lowest BCUT2D eigenvalue weighted by molar-refractivity contribution is 0.0471. The van der Waals surface area contributed by atoms with Crippen LogP contribution in [0.25, 0.3) is 0 Å². The van der Waals surface area contributed by atoms with Gasteiger partial charge in [0.15, 0.2) is 0 Å². The quantitative estimate of drug-likeness (QED) is 0.686. The molecule has 0 aliphatic heterocycles. The molecule has 2 N–H and O–H groups in total. The van der Waals surface area contributed by atoms with Gasteiger partial charge in [-0.25, -0.2) is 9.78 Å². The average Bonchev–Trinajstić information content (AvgIpc) is 2.69. The van der Waals surface area contributed by atoms with Crippen molar-refractivity contribution in [2.45, 2.75) is 20.5 Å². The number of hydrogen-bond acceptors (Lipinski definition) is 5. The molecule has 0 aliphatic carbocycles. The van der Waals surface area contributed by atoms with Crippen molar-refractivity contribution in [1.82, 2.24) is 4.98 Å². The second-order valence-electron chi connectivity index (χ2n) is 4.06. The standard InChI is InChI=1S/C13H13BrN2O2S/c1-7-8(2)19-12(16-7)6-18-13(17)10-5-9(15)3-4-11(10)14/h3-5H,6,15H2,1-2H3. The predicted octanol–water partition coefficient (Wildman–Crippen LogP) is 3.46. The van der Waals surface area contributed by atoms with Crippen molar-refractivity contribution in [3.8, 4) is 0 Å². The number of aromatic nitrogens is 1. The first-order valence-corrected chi connectivity index (χ1v) is 7.23. The van der Waals surface area contributed by atoms with Crippen molar-refractivity contribution in [3.05, 3.63) is 43.8 Å². The maximum absolute atomic E-state index is 12.0. The minimum atomic E-state index is -0.412. The molecular formula is C13H13BrN2O2S. The number of benzene rings is 1. The number of hydrogen-bond donors (Lipinski definition) is 1. The minimum Gasteiger partial charge on any atom is -0.455 e. The number of carbonyl (C=O) groups is 1. The van der Waals surface area contributed by atoms with E-state index < -0.39 is 5.97 Å². The van der Waals surface area contributed by atoms with Crippen LogP contribution in [0.15, 0.2) is 22.7 Å². The van der Waals surface area contributed by atoms with Crippen molar-refractivity contribution in [3.63, 3.8) is 0 Å². The summed E-state index contributed by atoms with van der Waals surface area (Å²) in [6.45, 7) is 4.11. The van der Waals surface area contributed by atoms with Crippen LogP contribution < -0.4 is 5.73 Å². The maximum atomic E-state index is 12.0. The van der Waals surface area contributed by atoms with Gasteiger partial charge < -0.3 is 10.5 Å². The number of anilines is 1. The molecule has 0 aliphatic rings. The number of esters is 1. The Kier molecular flexibility index (Phi) is 4.21. The first-order valence-electron chi connectivity index (χ1n) is 5.62. The lowest BCUT2D eigenvalue weighted by Crippen LogP contribution is -2.06. The van der Waals surface area contributed by atoms with E-state index in [2.05, 4.69) is 20.9 Å². The van der Waals surface area contributed by atoms with E-state index in [4.69, 9.17) is 10.5 Å².